The maximum absolute atomic E-state index is 12.6. The van der Waals surface area contributed by atoms with E-state index in [2.05, 4.69) is 5.32 Å². The normalized spacial score (nSPS) is 20.9. The summed E-state index contributed by atoms with van der Waals surface area (Å²) in [6.07, 6.45) is 2.27. The van der Waals surface area contributed by atoms with E-state index in [-0.39, 0.29) is 42.4 Å². The number of hydrogen-bond donors (Lipinski definition) is 2. The molecular formula is C19H22N2O5. The molecule has 3 rings (SSSR count). The largest absolute Gasteiger partial charge is 0.481 e. The van der Waals surface area contributed by atoms with E-state index in [0.717, 1.165) is 5.56 Å². The van der Waals surface area contributed by atoms with Gasteiger partial charge >= 0.3 is 5.97 Å². The number of carboxylic acid groups (broad SMARTS) is 1. The Morgan fingerprint density at radius 1 is 1.12 bits per heavy atom. The van der Waals surface area contributed by atoms with Crippen LogP contribution in [0.4, 0.5) is 0 Å². The minimum atomic E-state index is -0.789. The zero-order valence-electron chi connectivity index (χ0n) is 14.4. The molecule has 7 heteroatoms. The number of amides is 3. The van der Waals surface area contributed by atoms with Gasteiger partial charge in [-0.3, -0.25) is 24.5 Å². The lowest BCUT2D eigenvalue weighted by atomic mass is 9.93. The summed E-state index contributed by atoms with van der Waals surface area (Å²) in [5.74, 6) is -1.52. The molecule has 7 nitrogen and oxygen atoms in total. The number of carbonyl (C=O) groups is 4. The van der Waals surface area contributed by atoms with Gasteiger partial charge in [-0.15, -0.1) is 0 Å². The fourth-order valence-corrected chi connectivity index (χ4v) is 3.61. The molecule has 2 saturated heterocycles. The van der Waals surface area contributed by atoms with Crippen molar-refractivity contribution in [3.05, 3.63) is 35.4 Å². The molecule has 3 amide bonds. The molecule has 2 aliphatic rings. The van der Waals surface area contributed by atoms with Gasteiger partial charge in [-0.2, -0.15) is 0 Å². The van der Waals surface area contributed by atoms with Crippen molar-refractivity contribution in [3.63, 3.8) is 0 Å². The first-order valence-electron chi connectivity index (χ1n) is 8.86. The number of carbonyl (C=O) groups excluding carboxylic acids is 3. The number of benzene rings is 1. The maximum Gasteiger partial charge on any atom is 0.303 e. The molecule has 2 heterocycles. The first-order chi connectivity index (χ1) is 12.4. The van der Waals surface area contributed by atoms with Crippen LogP contribution in [0.1, 0.15) is 41.6 Å². The number of likely N-dealkylation sites (tertiary alicyclic amines) is 1. The zero-order valence-corrected chi connectivity index (χ0v) is 14.4. The van der Waals surface area contributed by atoms with Crippen LogP contribution in [0.25, 0.3) is 0 Å². The minimum absolute atomic E-state index is 0.0564. The second-order valence-corrected chi connectivity index (χ2v) is 7.05. The predicted octanol–water partition coefficient (Wildman–Crippen LogP) is 1.22. The van der Waals surface area contributed by atoms with Crippen LogP contribution in [0.3, 0.4) is 0 Å². The monoisotopic (exact) mass is 358 g/mol. The number of piperidine rings is 1. The van der Waals surface area contributed by atoms with Gasteiger partial charge in [0.15, 0.2) is 0 Å². The summed E-state index contributed by atoms with van der Waals surface area (Å²) in [5.41, 5.74) is 1.49. The fraction of sp³-hybridized carbons (Fsp3) is 0.474. The molecule has 2 aliphatic heterocycles. The third-order valence-electron chi connectivity index (χ3n) is 5.11. The number of aliphatic carboxylic acids is 1. The molecule has 1 aromatic rings. The van der Waals surface area contributed by atoms with Gasteiger partial charge in [0.05, 0.1) is 5.92 Å². The molecular weight excluding hydrogens is 336 g/mol. The molecule has 0 bridgehead atoms. The number of nitrogens with one attached hydrogen (secondary N) is 1. The van der Waals surface area contributed by atoms with Gasteiger partial charge < -0.3 is 10.0 Å². The number of hydrogen-bond acceptors (Lipinski definition) is 4. The summed E-state index contributed by atoms with van der Waals surface area (Å²) in [4.78, 5) is 48.0. The molecule has 2 N–H and O–H groups in total. The smallest absolute Gasteiger partial charge is 0.303 e. The standard InChI is InChI=1S/C19H22N2O5/c22-16-11-15(18(25)20-16)9-12-1-3-14(4-2-12)19(26)21-7-5-13(6-8-21)10-17(23)24/h1-4,13,15H,5-11H2,(H,23,24)(H,20,22,25). The molecule has 1 atom stereocenters. The highest BCUT2D eigenvalue weighted by molar-refractivity contribution is 6.03. The molecule has 0 spiro atoms. The first kappa shape index (κ1) is 18.1. The molecule has 0 aromatic heterocycles. The van der Waals surface area contributed by atoms with Crippen LogP contribution in [0, 0.1) is 11.8 Å². The molecule has 1 aromatic carbocycles. The summed E-state index contributed by atoms with van der Waals surface area (Å²) >= 11 is 0. The Bertz CT molecular complexity index is 720. The molecule has 26 heavy (non-hydrogen) atoms. The third kappa shape index (κ3) is 4.28. The van der Waals surface area contributed by atoms with Gasteiger partial charge in [0.1, 0.15) is 0 Å². The van der Waals surface area contributed by atoms with Crippen LogP contribution >= 0.6 is 0 Å². The van der Waals surface area contributed by atoms with Gasteiger partial charge in [-0.1, -0.05) is 12.1 Å². The van der Waals surface area contributed by atoms with E-state index in [1.165, 1.54) is 0 Å². The minimum Gasteiger partial charge on any atom is -0.481 e. The van der Waals surface area contributed by atoms with Crippen LogP contribution in [0.15, 0.2) is 24.3 Å². The van der Waals surface area contributed by atoms with Crippen molar-refractivity contribution in [1.29, 1.82) is 0 Å². The molecule has 0 saturated carbocycles. The predicted molar refractivity (Wildman–Crippen MR) is 92.3 cm³/mol. The van der Waals surface area contributed by atoms with Crippen LogP contribution in [0.5, 0.6) is 0 Å². The summed E-state index contributed by atoms with van der Waals surface area (Å²) in [6.45, 7) is 1.14. The Balaban J connectivity index is 1.55. The number of rotatable bonds is 5. The van der Waals surface area contributed by atoms with E-state index in [1.54, 1.807) is 17.0 Å². The van der Waals surface area contributed by atoms with Gasteiger partial charge in [-0.05, 0) is 42.9 Å². The molecule has 138 valence electrons. The zero-order chi connectivity index (χ0) is 18.7. The van der Waals surface area contributed by atoms with Gasteiger partial charge in [-0.25, -0.2) is 0 Å². The number of nitrogens with zero attached hydrogens (tertiary/aromatic N) is 1. The van der Waals surface area contributed by atoms with Crippen LogP contribution < -0.4 is 5.32 Å². The Morgan fingerprint density at radius 3 is 2.31 bits per heavy atom. The lowest BCUT2D eigenvalue weighted by Gasteiger charge is -2.31. The highest BCUT2D eigenvalue weighted by atomic mass is 16.4. The van der Waals surface area contributed by atoms with Crippen LogP contribution in [-0.4, -0.2) is 46.8 Å². The Hall–Kier alpha value is -2.70. The SMILES string of the molecule is O=C(O)CC1CCN(C(=O)c2ccc(CC3CC(=O)NC3=O)cc2)CC1. The quantitative estimate of drug-likeness (QED) is 0.770. The maximum atomic E-state index is 12.6. The Morgan fingerprint density at radius 2 is 1.77 bits per heavy atom. The summed E-state index contributed by atoms with van der Waals surface area (Å²) in [5, 5.41) is 11.2. The lowest BCUT2D eigenvalue weighted by Crippen LogP contribution is -2.38. The summed E-state index contributed by atoms with van der Waals surface area (Å²) < 4.78 is 0. The van der Waals surface area contributed by atoms with Crippen molar-refractivity contribution >= 4 is 23.7 Å². The molecule has 1 unspecified atom stereocenters. The van der Waals surface area contributed by atoms with Crippen molar-refractivity contribution in [2.45, 2.75) is 32.1 Å². The lowest BCUT2D eigenvalue weighted by molar-refractivity contribution is -0.138. The number of carboxylic acids is 1. The van der Waals surface area contributed by atoms with Gasteiger partial charge in [0.25, 0.3) is 5.91 Å². The fourth-order valence-electron chi connectivity index (χ4n) is 3.61. The van der Waals surface area contributed by atoms with E-state index in [1.807, 2.05) is 12.1 Å². The number of imide groups is 1. The summed E-state index contributed by atoms with van der Waals surface area (Å²) in [6, 6.07) is 7.13. The van der Waals surface area contributed by atoms with Crippen molar-refractivity contribution < 1.29 is 24.3 Å². The average Bonchev–Trinajstić information content (AvgIpc) is 2.92. The molecule has 0 aliphatic carbocycles. The Labute approximate surface area is 151 Å². The van der Waals surface area contributed by atoms with Gasteiger partial charge in [0.2, 0.25) is 11.8 Å². The van der Waals surface area contributed by atoms with E-state index >= 15 is 0 Å². The molecule has 0 radical (unpaired) electrons. The topological polar surface area (TPSA) is 104 Å². The molecule has 2 fully saturated rings. The average molecular weight is 358 g/mol. The van der Waals surface area contributed by atoms with Crippen molar-refractivity contribution in [1.82, 2.24) is 10.2 Å². The Kier molecular flexibility index (Phi) is 5.35. The second-order valence-electron chi connectivity index (χ2n) is 7.05. The van der Waals surface area contributed by atoms with Crippen molar-refractivity contribution in [3.8, 4) is 0 Å². The van der Waals surface area contributed by atoms with E-state index < -0.39 is 5.97 Å². The third-order valence-corrected chi connectivity index (χ3v) is 5.11. The highest BCUT2D eigenvalue weighted by Crippen LogP contribution is 2.22. The van der Waals surface area contributed by atoms with Crippen LogP contribution in [-0.2, 0) is 20.8 Å². The van der Waals surface area contributed by atoms with Crippen LogP contribution in [0.2, 0.25) is 0 Å². The van der Waals surface area contributed by atoms with Crippen molar-refractivity contribution in [2.75, 3.05) is 13.1 Å². The van der Waals surface area contributed by atoms with Crippen molar-refractivity contribution in [2.24, 2.45) is 11.8 Å². The van der Waals surface area contributed by atoms with E-state index in [9.17, 15) is 19.2 Å². The first-order valence-corrected chi connectivity index (χ1v) is 8.86. The van der Waals surface area contributed by atoms with E-state index in [4.69, 9.17) is 5.11 Å². The summed E-state index contributed by atoms with van der Waals surface area (Å²) in [7, 11) is 0. The highest BCUT2D eigenvalue weighted by Gasteiger charge is 2.30. The second kappa shape index (κ2) is 7.68. The van der Waals surface area contributed by atoms with Gasteiger partial charge in [0, 0.05) is 31.5 Å². The van der Waals surface area contributed by atoms with E-state index in [0.29, 0.717) is 37.9 Å².